The fourth-order valence-corrected chi connectivity index (χ4v) is 3.43. The molecule has 9 heteroatoms. The second-order valence-electron chi connectivity index (χ2n) is 4.96. The van der Waals surface area contributed by atoms with E-state index in [1.165, 1.54) is 30.3 Å². The first kappa shape index (κ1) is 16.5. The molecule has 0 bridgehead atoms. The number of nitriles is 1. The van der Waals surface area contributed by atoms with Crippen molar-refractivity contribution in [1.82, 2.24) is 0 Å². The van der Waals surface area contributed by atoms with Gasteiger partial charge in [-0.25, -0.2) is 8.42 Å². The molecule has 2 aromatic carbocycles. The van der Waals surface area contributed by atoms with Gasteiger partial charge in [0.25, 0.3) is 5.69 Å². The molecule has 25 heavy (non-hydrogen) atoms. The largest absolute Gasteiger partial charge is 0.454 e. The normalized spacial score (nSPS) is 13.3. The highest BCUT2D eigenvalue weighted by atomic mass is 32.2. The zero-order chi connectivity index (χ0) is 18.0. The molecule has 0 spiro atoms. The van der Waals surface area contributed by atoms with Crippen LogP contribution in [0.3, 0.4) is 0 Å². The van der Waals surface area contributed by atoms with Crippen molar-refractivity contribution in [2.45, 2.75) is 4.90 Å². The quantitative estimate of drug-likeness (QED) is 0.468. The van der Waals surface area contributed by atoms with Gasteiger partial charge in [0.15, 0.2) is 11.5 Å². The molecule has 0 radical (unpaired) electrons. The molecule has 3 rings (SSSR count). The molecule has 0 N–H and O–H groups in total. The summed E-state index contributed by atoms with van der Waals surface area (Å²) in [5, 5.41) is 20.5. The molecule has 0 saturated carbocycles. The highest BCUT2D eigenvalue weighted by molar-refractivity contribution is 7.95. The van der Waals surface area contributed by atoms with Gasteiger partial charge in [-0.05, 0) is 24.3 Å². The van der Waals surface area contributed by atoms with Gasteiger partial charge in [0, 0.05) is 0 Å². The molecule has 0 fully saturated rings. The molecule has 2 aromatic rings. The maximum Gasteiger partial charge on any atom is 0.280 e. The minimum atomic E-state index is -4.10. The van der Waals surface area contributed by atoms with Crippen molar-refractivity contribution >= 4 is 21.6 Å². The van der Waals surface area contributed by atoms with E-state index in [9.17, 15) is 23.8 Å². The van der Waals surface area contributed by atoms with Gasteiger partial charge in [-0.2, -0.15) is 5.26 Å². The van der Waals surface area contributed by atoms with E-state index in [4.69, 9.17) is 9.47 Å². The third kappa shape index (κ3) is 3.02. The molecule has 126 valence electrons. The third-order valence-corrected chi connectivity index (χ3v) is 5.14. The number of allylic oxidation sites excluding steroid dienone is 1. The molecule has 0 aromatic heterocycles. The number of fused-ring (bicyclic) bond motifs is 1. The second kappa shape index (κ2) is 6.26. The molecular weight excluding hydrogens is 348 g/mol. The maximum absolute atomic E-state index is 12.6. The Morgan fingerprint density at radius 2 is 1.84 bits per heavy atom. The first-order chi connectivity index (χ1) is 11.9. The number of nitro benzene ring substituents is 1. The van der Waals surface area contributed by atoms with Gasteiger partial charge in [-0.1, -0.05) is 18.2 Å². The van der Waals surface area contributed by atoms with Gasteiger partial charge in [-0.3, -0.25) is 10.1 Å². The number of hydrogen-bond donors (Lipinski definition) is 0. The van der Waals surface area contributed by atoms with Gasteiger partial charge in [0.05, 0.1) is 21.4 Å². The fraction of sp³-hybridized carbons (Fsp3) is 0.0625. The fourth-order valence-electron chi connectivity index (χ4n) is 2.26. The van der Waals surface area contributed by atoms with Crippen molar-refractivity contribution in [1.29, 1.82) is 5.26 Å². The van der Waals surface area contributed by atoms with E-state index < -0.39 is 19.7 Å². The Morgan fingerprint density at radius 3 is 2.44 bits per heavy atom. The van der Waals surface area contributed by atoms with Crippen molar-refractivity contribution < 1.29 is 22.8 Å². The third-order valence-electron chi connectivity index (χ3n) is 3.46. The predicted octanol–water partition coefficient (Wildman–Crippen LogP) is 2.66. The summed E-state index contributed by atoms with van der Waals surface area (Å²) in [6.07, 6.45) is 0.961. The molecule has 8 nitrogen and oxygen atoms in total. The Balaban J connectivity index is 2.16. The molecular formula is C16H10N2O6S. The number of nitro groups is 1. The monoisotopic (exact) mass is 358 g/mol. The summed E-state index contributed by atoms with van der Waals surface area (Å²) in [5.41, 5.74) is -0.453. The summed E-state index contributed by atoms with van der Waals surface area (Å²) in [6.45, 7) is -0.0902. The van der Waals surface area contributed by atoms with Crippen LogP contribution in [0.25, 0.3) is 6.08 Å². The highest BCUT2D eigenvalue weighted by Crippen LogP contribution is 2.39. The van der Waals surface area contributed by atoms with Crippen molar-refractivity contribution in [2.24, 2.45) is 0 Å². The average molecular weight is 358 g/mol. The summed E-state index contributed by atoms with van der Waals surface area (Å²) < 4.78 is 35.4. The Hall–Kier alpha value is -3.38. The van der Waals surface area contributed by atoms with E-state index in [0.29, 0.717) is 0 Å². The lowest BCUT2D eigenvalue weighted by Gasteiger charge is -2.04. The van der Waals surface area contributed by atoms with Gasteiger partial charge in [0.2, 0.25) is 16.6 Å². The number of ether oxygens (including phenoxy) is 2. The summed E-state index contributed by atoms with van der Waals surface area (Å²) in [7, 11) is -4.10. The van der Waals surface area contributed by atoms with Gasteiger partial charge < -0.3 is 9.47 Å². The van der Waals surface area contributed by atoms with Crippen molar-refractivity contribution in [3.63, 3.8) is 0 Å². The van der Waals surface area contributed by atoms with Crippen LogP contribution in [-0.2, 0) is 9.84 Å². The van der Waals surface area contributed by atoms with E-state index in [-0.39, 0.29) is 34.4 Å². The number of nitrogens with zero attached hydrogens (tertiary/aromatic N) is 2. The van der Waals surface area contributed by atoms with Crippen molar-refractivity contribution in [2.75, 3.05) is 6.79 Å². The molecule has 0 saturated heterocycles. The standard InChI is InChI=1S/C16H10N2O6S/c17-9-13(25(21,22)12-4-2-1-3-5-12)6-11-7-15-16(24-10-23-15)8-14(11)18(19)20/h1-8H,10H2. The number of sulfone groups is 1. The van der Waals surface area contributed by atoms with Gasteiger partial charge >= 0.3 is 0 Å². The van der Waals surface area contributed by atoms with Crippen LogP contribution in [0.2, 0.25) is 0 Å². The smallest absolute Gasteiger partial charge is 0.280 e. The first-order valence-electron chi connectivity index (χ1n) is 6.93. The molecule has 0 unspecified atom stereocenters. The van der Waals surface area contributed by atoms with Crippen LogP contribution < -0.4 is 9.47 Å². The van der Waals surface area contributed by atoms with Crippen molar-refractivity contribution in [3.8, 4) is 17.6 Å². The predicted molar refractivity (Wildman–Crippen MR) is 86.4 cm³/mol. The van der Waals surface area contributed by atoms with Crippen LogP contribution in [-0.4, -0.2) is 20.1 Å². The van der Waals surface area contributed by atoms with Crippen molar-refractivity contribution in [3.05, 3.63) is 63.0 Å². The molecule has 1 aliphatic rings. The average Bonchev–Trinajstić information content (AvgIpc) is 3.06. The Morgan fingerprint density at radius 1 is 1.20 bits per heavy atom. The second-order valence-corrected chi connectivity index (χ2v) is 6.88. The Bertz CT molecular complexity index is 1020. The molecule has 1 heterocycles. The number of rotatable bonds is 4. The van der Waals surface area contributed by atoms with Crippen LogP contribution in [0.15, 0.2) is 52.3 Å². The van der Waals surface area contributed by atoms with Crippen LogP contribution in [0.1, 0.15) is 5.56 Å². The summed E-state index contributed by atoms with van der Waals surface area (Å²) in [6, 6.07) is 11.4. The van der Waals surface area contributed by atoms with E-state index >= 15 is 0 Å². The SMILES string of the molecule is N#CC(=Cc1cc2c(cc1[N+](=O)[O-])OCO2)S(=O)(=O)c1ccccc1. The Kier molecular flexibility index (Phi) is 4.12. The zero-order valence-electron chi connectivity index (χ0n) is 12.6. The zero-order valence-corrected chi connectivity index (χ0v) is 13.4. The lowest BCUT2D eigenvalue weighted by molar-refractivity contribution is -0.385. The van der Waals surface area contributed by atoms with Crippen LogP contribution >= 0.6 is 0 Å². The minimum absolute atomic E-state index is 0.0645. The van der Waals surface area contributed by atoms with Gasteiger partial charge in [0.1, 0.15) is 11.0 Å². The van der Waals surface area contributed by atoms with Crippen LogP contribution in [0, 0.1) is 21.4 Å². The topological polar surface area (TPSA) is 120 Å². The van der Waals surface area contributed by atoms with E-state index in [1.807, 2.05) is 0 Å². The molecule has 0 atom stereocenters. The van der Waals surface area contributed by atoms with Crippen LogP contribution in [0.4, 0.5) is 5.69 Å². The summed E-state index contributed by atoms with van der Waals surface area (Å²) in [5.74, 6) is 0.430. The van der Waals surface area contributed by atoms with E-state index in [2.05, 4.69) is 0 Å². The molecule has 0 amide bonds. The van der Waals surface area contributed by atoms with E-state index in [1.54, 1.807) is 12.1 Å². The summed E-state index contributed by atoms with van der Waals surface area (Å²) in [4.78, 5) is 9.89. The minimum Gasteiger partial charge on any atom is -0.454 e. The molecule has 1 aliphatic heterocycles. The lowest BCUT2D eigenvalue weighted by Crippen LogP contribution is -2.03. The number of hydrogen-bond acceptors (Lipinski definition) is 7. The Labute approximate surface area is 142 Å². The maximum atomic E-state index is 12.6. The highest BCUT2D eigenvalue weighted by Gasteiger charge is 2.26. The summed E-state index contributed by atoms with van der Waals surface area (Å²) >= 11 is 0. The first-order valence-corrected chi connectivity index (χ1v) is 8.42. The lowest BCUT2D eigenvalue weighted by atomic mass is 10.1. The van der Waals surface area contributed by atoms with E-state index in [0.717, 1.165) is 12.1 Å². The number of benzene rings is 2. The molecule has 0 aliphatic carbocycles. The van der Waals surface area contributed by atoms with Crippen LogP contribution in [0.5, 0.6) is 11.5 Å². The van der Waals surface area contributed by atoms with Gasteiger partial charge in [-0.15, -0.1) is 0 Å².